The number of furan rings is 1. The molecule has 0 aliphatic rings. The van der Waals surface area contributed by atoms with Gasteiger partial charge in [0.1, 0.15) is 11.4 Å². The van der Waals surface area contributed by atoms with Crippen LogP contribution in [0.1, 0.15) is 21.1 Å². The predicted octanol–water partition coefficient (Wildman–Crippen LogP) is 5.19. The molecule has 1 amide bonds. The first-order chi connectivity index (χ1) is 14.1. The number of para-hydroxylation sites is 1. The maximum absolute atomic E-state index is 13.1. The summed E-state index contributed by atoms with van der Waals surface area (Å²) >= 11 is 1.52. The lowest BCUT2D eigenvalue weighted by molar-refractivity contribution is 0.0925. The lowest BCUT2D eigenvalue weighted by Crippen LogP contribution is -2.22. The van der Waals surface area contributed by atoms with Crippen molar-refractivity contribution in [2.45, 2.75) is 13.5 Å². The summed E-state index contributed by atoms with van der Waals surface area (Å²) in [6.45, 7) is 2.38. The Morgan fingerprint density at radius 3 is 2.76 bits per heavy atom. The van der Waals surface area contributed by atoms with E-state index in [0.29, 0.717) is 17.9 Å². The van der Waals surface area contributed by atoms with Crippen LogP contribution >= 0.6 is 11.3 Å². The van der Waals surface area contributed by atoms with Crippen molar-refractivity contribution in [1.82, 2.24) is 14.7 Å². The minimum Gasteiger partial charge on any atom is -0.451 e. The van der Waals surface area contributed by atoms with E-state index in [4.69, 9.17) is 4.42 Å². The van der Waals surface area contributed by atoms with Crippen molar-refractivity contribution in [2.75, 3.05) is 0 Å². The fourth-order valence-corrected chi connectivity index (χ4v) is 4.30. The number of halogens is 1. The molecule has 0 fully saturated rings. The van der Waals surface area contributed by atoms with E-state index in [9.17, 15) is 9.18 Å². The molecule has 0 bridgehead atoms. The van der Waals surface area contributed by atoms with E-state index in [0.717, 1.165) is 32.2 Å². The summed E-state index contributed by atoms with van der Waals surface area (Å²) in [5.41, 5.74) is 3.35. The van der Waals surface area contributed by atoms with Crippen molar-refractivity contribution in [3.63, 3.8) is 0 Å². The molecule has 144 valence electrons. The van der Waals surface area contributed by atoms with Gasteiger partial charge in [-0.2, -0.15) is 0 Å². The summed E-state index contributed by atoms with van der Waals surface area (Å²) in [5.74, 6) is -0.226. The van der Waals surface area contributed by atoms with Crippen molar-refractivity contribution in [2.24, 2.45) is 0 Å². The molecule has 0 aliphatic carbocycles. The van der Waals surface area contributed by atoms with Gasteiger partial charge in [0, 0.05) is 27.7 Å². The number of rotatable bonds is 4. The average molecular weight is 405 g/mol. The maximum atomic E-state index is 13.1. The van der Waals surface area contributed by atoms with Crippen LogP contribution in [0.25, 0.3) is 27.2 Å². The van der Waals surface area contributed by atoms with Crippen LogP contribution in [0.5, 0.6) is 0 Å². The van der Waals surface area contributed by atoms with Crippen LogP contribution < -0.4 is 5.32 Å². The summed E-state index contributed by atoms with van der Waals surface area (Å²) in [6.07, 6.45) is 1.93. The lowest BCUT2D eigenvalue weighted by atomic mass is 10.2. The molecule has 5 aromatic rings. The molecule has 0 spiro atoms. The number of imidazole rings is 1. The van der Waals surface area contributed by atoms with Crippen LogP contribution in [0.2, 0.25) is 0 Å². The first-order valence-electron chi connectivity index (χ1n) is 9.08. The first-order valence-corrected chi connectivity index (χ1v) is 9.90. The molecule has 0 unspecified atom stereocenters. The number of nitrogens with zero attached hydrogens (tertiary/aromatic N) is 2. The average Bonchev–Trinajstić information content (AvgIpc) is 3.41. The highest BCUT2D eigenvalue weighted by atomic mass is 32.1. The molecular weight excluding hydrogens is 389 g/mol. The number of fused-ring (bicyclic) bond motifs is 2. The largest absolute Gasteiger partial charge is 0.451 e. The van der Waals surface area contributed by atoms with Crippen LogP contribution in [0.3, 0.4) is 0 Å². The fourth-order valence-electron chi connectivity index (χ4n) is 3.26. The normalized spacial score (nSPS) is 11.4. The molecule has 0 radical (unpaired) electrons. The van der Waals surface area contributed by atoms with Gasteiger partial charge in [0.2, 0.25) is 0 Å². The Kier molecular flexibility index (Phi) is 4.17. The Labute approximate surface area is 169 Å². The van der Waals surface area contributed by atoms with Gasteiger partial charge in [-0.3, -0.25) is 9.20 Å². The molecule has 3 heterocycles. The minimum absolute atomic E-state index is 0.251. The summed E-state index contributed by atoms with van der Waals surface area (Å²) in [6, 6.07) is 15.5. The second-order valence-electron chi connectivity index (χ2n) is 6.73. The molecule has 2 aromatic carbocycles. The van der Waals surface area contributed by atoms with Crippen LogP contribution in [0.15, 0.2) is 65.2 Å². The zero-order valence-corrected chi connectivity index (χ0v) is 16.3. The number of amides is 1. The summed E-state index contributed by atoms with van der Waals surface area (Å²) < 4.78 is 20.7. The van der Waals surface area contributed by atoms with E-state index in [-0.39, 0.29) is 11.7 Å². The molecule has 0 aliphatic heterocycles. The van der Waals surface area contributed by atoms with Gasteiger partial charge in [-0.1, -0.05) is 29.5 Å². The number of aryl methyl sites for hydroxylation is 1. The standard InChI is InChI=1S/C22H16FN3O2S/c1-13-20(11-24-21(27)19-10-15-4-2-3-5-18(15)28-19)29-22-25-17(12-26(13)22)14-6-8-16(23)9-7-14/h2-10,12H,11H2,1H3,(H,24,27). The summed E-state index contributed by atoms with van der Waals surface area (Å²) in [5, 5.41) is 3.82. The number of hydrogen-bond acceptors (Lipinski definition) is 4. The highest BCUT2D eigenvalue weighted by Gasteiger charge is 2.16. The van der Waals surface area contributed by atoms with E-state index >= 15 is 0 Å². The highest BCUT2D eigenvalue weighted by molar-refractivity contribution is 7.17. The monoisotopic (exact) mass is 405 g/mol. The van der Waals surface area contributed by atoms with E-state index in [1.54, 1.807) is 18.2 Å². The van der Waals surface area contributed by atoms with Crippen molar-refractivity contribution in [3.8, 4) is 11.3 Å². The Morgan fingerprint density at radius 1 is 1.21 bits per heavy atom. The molecule has 0 atom stereocenters. The summed E-state index contributed by atoms with van der Waals surface area (Å²) in [4.78, 5) is 18.9. The first kappa shape index (κ1) is 17.6. The molecule has 5 rings (SSSR count). The zero-order valence-electron chi connectivity index (χ0n) is 15.5. The molecule has 0 saturated carbocycles. The Balaban J connectivity index is 1.35. The third kappa shape index (κ3) is 3.19. The molecule has 7 heteroatoms. The van der Waals surface area contributed by atoms with Crippen LogP contribution in [0, 0.1) is 12.7 Å². The quantitative estimate of drug-likeness (QED) is 0.448. The van der Waals surface area contributed by atoms with Crippen molar-refractivity contribution in [3.05, 3.63) is 82.9 Å². The molecule has 29 heavy (non-hydrogen) atoms. The highest BCUT2D eigenvalue weighted by Crippen LogP contribution is 2.27. The zero-order chi connectivity index (χ0) is 20.0. The Hall–Kier alpha value is -3.45. The maximum Gasteiger partial charge on any atom is 0.287 e. The second-order valence-corrected chi connectivity index (χ2v) is 7.79. The number of thiazole rings is 1. The van der Waals surface area contributed by atoms with Gasteiger partial charge in [-0.05, 0) is 43.3 Å². The molecule has 5 nitrogen and oxygen atoms in total. The molecular formula is C22H16FN3O2S. The minimum atomic E-state index is -0.270. The smallest absolute Gasteiger partial charge is 0.287 e. The number of carbonyl (C=O) groups excluding carboxylic acids is 1. The van der Waals surface area contributed by atoms with Gasteiger partial charge in [-0.25, -0.2) is 9.37 Å². The molecule has 0 saturated heterocycles. The van der Waals surface area contributed by atoms with Crippen molar-refractivity contribution >= 4 is 33.2 Å². The van der Waals surface area contributed by atoms with Gasteiger partial charge in [0.05, 0.1) is 12.2 Å². The van der Waals surface area contributed by atoms with E-state index < -0.39 is 0 Å². The number of nitrogens with one attached hydrogen (secondary N) is 1. The Bertz CT molecular complexity index is 1310. The SMILES string of the molecule is Cc1c(CNC(=O)c2cc3ccccc3o2)sc2nc(-c3ccc(F)cc3)cn12. The van der Waals surface area contributed by atoms with Crippen molar-refractivity contribution < 1.29 is 13.6 Å². The third-order valence-corrected chi connectivity index (χ3v) is 6.01. The van der Waals surface area contributed by atoms with Crippen molar-refractivity contribution in [1.29, 1.82) is 0 Å². The lowest BCUT2D eigenvalue weighted by Gasteiger charge is -2.02. The molecule has 3 aromatic heterocycles. The van der Waals surface area contributed by atoms with Gasteiger partial charge < -0.3 is 9.73 Å². The van der Waals surface area contributed by atoms with Gasteiger partial charge in [0.25, 0.3) is 5.91 Å². The van der Waals surface area contributed by atoms with E-state index in [1.807, 2.05) is 41.8 Å². The number of benzene rings is 2. The predicted molar refractivity (Wildman–Crippen MR) is 111 cm³/mol. The van der Waals surface area contributed by atoms with Crippen LogP contribution in [-0.2, 0) is 6.54 Å². The second kappa shape index (κ2) is 6.86. The van der Waals surface area contributed by atoms with Gasteiger partial charge in [0.15, 0.2) is 10.7 Å². The number of carbonyl (C=O) groups is 1. The van der Waals surface area contributed by atoms with E-state index in [2.05, 4.69) is 10.3 Å². The van der Waals surface area contributed by atoms with Crippen LogP contribution in [-0.4, -0.2) is 15.3 Å². The topological polar surface area (TPSA) is 59.5 Å². The van der Waals surface area contributed by atoms with Crippen LogP contribution in [0.4, 0.5) is 4.39 Å². The van der Waals surface area contributed by atoms with E-state index in [1.165, 1.54) is 23.5 Å². The number of aromatic nitrogens is 2. The Morgan fingerprint density at radius 2 is 2.00 bits per heavy atom. The fraction of sp³-hybridized carbons (Fsp3) is 0.0909. The summed E-state index contributed by atoms with van der Waals surface area (Å²) in [7, 11) is 0. The van der Waals surface area contributed by atoms with Gasteiger partial charge in [-0.15, -0.1) is 0 Å². The van der Waals surface area contributed by atoms with Gasteiger partial charge >= 0.3 is 0 Å². The molecule has 1 N–H and O–H groups in total. The number of hydrogen-bond donors (Lipinski definition) is 1. The third-order valence-electron chi connectivity index (χ3n) is 4.85.